The lowest BCUT2D eigenvalue weighted by Crippen LogP contribution is -2.12. The van der Waals surface area contributed by atoms with Crippen molar-refractivity contribution >= 4 is 16.8 Å². The minimum absolute atomic E-state index is 0.0687. The van der Waals surface area contributed by atoms with E-state index in [4.69, 9.17) is 10.5 Å². The summed E-state index contributed by atoms with van der Waals surface area (Å²) < 4.78 is 33.0. The number of fused-ring (bicyclic) bond motifs is 1. The Morgan fingerprint density at radius 2 is 1.83 bits per heavy atom. The molecular weight excluding hydrogens is 376 g/mol. The number of carbonyl (C=O) groups is 1. The monoisotopic (exact) mass is 391 g/mol. The molecule has 29 heavy (non-hydrogen) atoms. The number of pyridine rings is 2. The summed E-state index contributed by atoms with van der Waals surface area (Å²) in [6, 6.07) is 12.1. The number of nitrogens with two attached hydrogens (primary N) is 1. The zero-order chi connectivity index (χ0) is 20.5. The Balaban J connectivity index is 1.65. The van der Waals surface area contributed by atoms with Gasteiger partial charge in [0.2, 0.25) is 5.91 Å². The molecule has 0 fully saturated rings. The molecule has 0 atom stereocenters. The van der Waals surface area contributed by atoms with Gasteiger partial charge in [0, 0.05) is 34.8 Å². The second-order valence-corrected chi connectivity index (χ2v) is 6.50. The minimum Gasteiger partial charge on any atom is -0.456 e. The molecule has 0 unspecified atom stereocenters. The van der Waals surface area contributed by atoms with Crippen molar-refractivity contribution < 1.29 is 18.3 Å². The molecule has 4 rings (SSSR count). The molecule has 144 valence electrons. The van der Waals surface area contributed by atoms with E-state index in [1.807, 2.05) is 6.07 Å². The van der Waals surface area contributed by atoms with E-state index in [0.29, 0.717) is 28.1 Å². The van der Waals surface area contributed by atoms with Crippen LogP contribution in [-0.2, 0) is 0 Å². The summed E-state index contributed by atoms with van der Waals surface area (Å²) >= 11 is 0. The number of halogens is 2. The fourth-order valence-electron chi connectivity index (χ4n) is 3.07. The summed E-state index contributed by atoms with van der Waals surface area (Å²) in [4.78, 5) is 19.7. The van der Waals surface area contributed by atoms with Gasteiger partial charge in [0.1, 0.15) is 22.8 Å². The smallest absolute Gasteiger partial charge is 0.248 e. The molecule has 2 N–H and O–H groups in total. The van der Waals surface area contributed by atoms with Gasteiger partial charge in [-0.15, -0.1) is 0 Å². The van der Waals surface area contributed by atoms with Crippen LogP contribution in [0.2, 0.25) is 0 Å². The lowest BCUT2D eigenvalue weighted by molar-refractivity contribution is 0.0999. The predicted octanol–water partition coefficient (Wildman–Crippen LogP) is 4.77. The second kappa shape index (κ2) is 7.27. The highest BCUT2D eigenvalue weighted by Gasteiger charge is 2.10. The third-order valence-corrected chi connectivity index (χ3v) is 4.43. The van der Waals surface area contributed by atoms with E-state index < -0.39 is 17.5 Å². The summed E-state index contributed by atoms with van der Waals surface area (Å²) in [5.74, 6) is -1.09. The van der Waals surface area contributed by atoms with E-state index >= 15 is 0 Å². The van der Waals surface area contributed by atoms with Crippen molar-refractivity contribution in [2.75, 3.05) is 0 Å². The molecule has 7 heteroatoms. The molecule has 0 bridgehead atoms. The number of primary amides is 1. The van der Waals surface area contributed by atoms with Crippen LogP contribution in [-0.4, -0.2) is 15.9 Å². The molecule has 0 aliphatic rings. The Bertz CT molecular complexity index is 1260. The van der Waals surface area contributed by atoms with Crippen molar-refractivity contribution in [3.05, 3.63) is 83.7 Å². The molecule has 2 heterocycles. The third kappa shape index (κ3) is 3.75. The quantitative estimate of drug-likeness (QED) is 0.543. The average molecular weight is 391 g/mol. The maximum Gasteiger partial charge on any atom is 0.248 e. The number of hydrogen-bond donors (Lipinski definition) is 1. The zero-order valence-electron chi connectivity index (χ0n) is 15.3. The first-order valence-electron chi connectivity index (χ1n) is 8.70. The predicted molar refractivity (Wildman–Crippen MR) is 105 cm³/mol. The van der Waals surface area contributed by atoms with E-state index in [2.05, 4.69) is 9.97 Å². The van der Waals surface area contributed by atoms with Crippen LogP contribution in [0.1, 0.15) is 15.9 Å². The van der Waals surface area contributed by atoms with Crippen molar-refractivity contribution in [2.24, 2.45) is 5.73 Å². The first kappa shape index (κ1) is 18.5. The van der Waals surface area contributed by atoms with Crippen molar-refractivity contribution in [3.63, 3.8) is 0 Å². The third-order valence-electron chi connectivity index (χ3n) is 4.43. The van der Waals surface area contributed by atoms with Crippen molar-refractivity contribution in [1.29, 1.82) is 0 Å². The van der Waals surface area contributed by atoms with Crippen LogP contribution in [0, 0.1) is 18.6 Å². The summed E-state index contributed by atoms with van der Waals surface area (Å²) in [7, 11) is 0. The van der Waals surface area contributed by atoms with Gasteiger partial charge in [-0.1, -0.05) is 6.07 Å². The van der Waals surface area contributed by atoms with Gasteiger partial charge in [0.25, 0.3) is 0 Å². The Kier molecular flexibility index (Phi) is 4.64. The molecule has 1 amide bonds. The highest BCUT2D eigenvalue weighted by molar-refractivity contribution is 5.94. The number of benzene rings is 2. The fraction of sp³-hybridized carbons (Fsp3) is 0.0455. The van der Waals surface area contributed by atoms with E-state index in [1.165, 1.54) is 18.3 Å². The fourth-order valence-corrected chi connectivity index (χ4v) is 3.07. The van der Waals surface area contributed by atoms with E-state index in [9.17, 15) is 13.6 Å². The second-order valence-electron chi connectivity index (χ2n) is 6.50. The first-order chi connectivity index (χ1) is 13.9. The van der Waals surface area contributed by atoms with Gasteiger partial charge in [-0.2, -0.15) is 0 Å². The molecule has 2 aromatic carbocycles. The number of rotatable bonds is 4. The maximum atomic E-state index is 13.8. The first-order valence-corrected chi connectivity index (χ1v) is 8.70. The summed E-state index contributed by atoms with van der Waals surface area (Å²) in [6.07, 6.45) is 2.95. The van der Waals surface area contributed by atoms with Crippen LogP contribution >= 0.6 is 0 Å². The standard InChI is InChI=1S/C22H15F2N3O2/c1-12-6-13(2-3-18(12)22(25)28)20-10-16(4-5-26-20)29-17-8-14-7-15(23)9-19(24)21(14)27-11-17/h2-11H,1H3,(H2,25,28). The zero-order valence-corrected chi connectivity index (χ0v) is 15.3. The average Bonchev–Trinajstić information content (AvgIpc) is 2.67. The maximum absolute atomic E-state index is 13.8. The topological polar surface area (TPSA) is 78.1 Å². The molecule has 0 aliphatic heterocycles. The molecule has 0 saturated heterocycles. The molecule has 0 spiro atoms. The lowest BCUT2D eigenvalue weighted by atomic mass is 10.0. The highest BCUT2D eigenvalue weighted by Crippen LogP contribution is 2.29. The van der Waals surface area contributed by atoms with E-state index in [1.54, 1.807) is 37.4 Å². The number of ether oxygens (including phenoxy) is 1. The Morgan fingerprint density at radius 1 is 1.00 bits per heavy atom. The van der Waals surface area contributed by atoms with Gasteiger partial charge < -0.3 is 10.5 Å². The SMILES string of the molecule is Cc1cc(-c2cc(Oc3cnc4c(F)cc(F)cc4c3)ccn2)ccc1C(N)=O. The Morgan fingerprint density at radius 3 is 2.59 bits per heavy atom. The normalized spacial score (nSPS) is 10.9. The van der Waals surface area contributed by atoms with Gasteiger partial charge in [-0.25, -0.2) is 13.8 Å². The van der Waals surface area contributed by atoms with Gasteiger partial charge >= 0.3 is 0 Å². The number of aromatic nitrogens is 2. The van der Waals surface area contributed by atoms with Crippen molar-refractivity contribution in [1.82, 2.24) is 9.97 Å². The number of amides is 1. The lowest BCUT2D eigenvalue weighted by Gasteiger charge is -2.09. The number of nitrogens with zero attached hydrogens (tertiary/aromatic N) is 2. The summed E-state index contributed by atoms with van der Waals surface area (Å²) in [6.45, 7) is 1.79. The van der Waals surface area contributed by atoms with Gasteiger partial charge in [0.05, 0.1) is 11.9 Å². The summed E-state index contributed by atoms with van der Waals surface area (Å²) in [5.41, 5.74) is 8.02. The molecule has 0 aliphatic carbocycles. The molecule has 5 nitrogen and oxygen atoms in total. The van der Waals surface area contributed by atoms with Crippen LogP contribution in [0.25, 0.3) is 22.2 Å². The Hall–Kier alpha value is -3.87. The van der Waals surface area contributed by atoms with Crippen LogP contribution in [0.4, 0.5) is 8.78 Å². The number of hydrogen-bond acceptors (Lipinski definition) is 4. The van der Waals surface area contributed by atoms with Gasteiger partial charge in [-0.3, -0.25) is 9.78 Å². The molecule has 2 aromatic heterocycles. The van der Waals surface area contributed by atoms with Gasteiger partial charge in [0.15, 0.2) is 5.82 Å². The van der Waals surface area contributed by atoms with E-state index in [-0.39, 0.29) is 5.52 Å². The largest absolute Gasteiger partial charge is 0.456 e. The van der Waals surface area contributed by atoms with Crippen molar-refractivity contribution in [2.45, 2.75) is 6.92 Å². The molecular formula is C22H15F2N3O2. The van der Waals surface area contributed by atoms with Crippen LogP contribution in [0.3, 0.4) is 0 Å². The summed E-state index contributed by atoms with van der Waals surface area (Å²) in [5, 5.41) is 0.298. The van der Waals surface area contributed by atoms with E-state index in [0.717, 1.165) is 17.2 Å². The molecule has 0 saturated carbocycles. The van der Waals surface area contributed by atoms with Crippen LogP contribution in [0.5, 0.6) is 11.5 Å². The molecule has 4 aromatic rings. The van der Waals surface area contributed by atoms with Crippen LogP contribution in [0.15, 0.2) is 60.9 Å². The minimum atomic E-state index is -0.729. The van der Waals surface area contributed by atoms with Crippen molar-refractivity contribution in [3.8, 4) is 22.8 Å². The Labute approximate surface area is 164 Å². The van der Waals surface area contributed by atoms with Crippen LogP contribution < -0.4 is 10.5 Å². The molecule has 0 radical (unpaired) electrons. The highest BCUT2D eigenvalue weighted by atomic mass is 19.1. The number of carbonyl (C=O) groups excluding carboxylic acids is 1. The van der Waals surface area contributed by atoms with Gasteiger partial charge in [-0.05, 0) is 42.8 Å². The number of aryl methyl sites for hydroxylation is 1.